The number of nitrogens with zero attached hydrogens (tertiary/aromatic N) is 1. The molecule has 1 saturated heterocycles. The zero-order valence-corrected chi connectivity index (χ0v) is 13.1. The summed E-state index contributed by atoms with van der Waals surface area (Å²) in [5.74, 6) is -0.691. The summed E-state index contributed by atoms with van der Waals surface area (Å²) in [5, 5.41) is 9.23. The molecule has 0 amide bonds. The average Bonchev–Trinajstić information content (AvgIpc) is 2.97. The lowest BCUT2D eigenvalue weighted by Gasteiger charge is -2.23. The van der Waals surface area contributed by atoms with Gasteiger partial charge < -0.3 is 5.11 Å². The van der Waals surface area contributed by atoms with Crippen molar-refractivity contribution in [1.82, 2.24) is 4.90 Å². The Morgan fingerprint density at radius 1 is 1.43 bits per heavy atom. The van der Waals surface area contributed by atoms with Crippen molar-refractivity contribution in [3.05, 3.63) is 34.3 Å². The van der Waals surface area contributed by atoms with Crippen molar-refractivity contribution in [1.29, 1.82) is 0 Å². The number of carboxylic acid groups (broad SMARTS) is 1. The summed E-state index contributed by atoms with van der Waals surface area (Å²) in [7, 11) is 0. The van der Waals surface area contributed by atoms with E-state index in [9.17, 15) is 23.1 Å². The van der Waals surface area contributed by atoms with Crippen LogP contribution in [0, 0.1) is 11.3 Å². The molecular weight excluding hydrogens is 331 g/mol. The molecule has 1 aromatic carbocycles. The van der Waals surface area contributed by atoms with E-state index < -0.39 is 23.1 Å². The highest BCUT2D eigenvalue weighted by Crippen LogP contribution is 2.49. The lowest BCUT2D eigenvalue weighted by Crippen LogP contribution is -2.35. The smallest absolute Gasteiger partial charge is 0.417 e. The average molecular weight is 348 g/mol. The molecule has 1 aliphatic heterocycles. The SMILES string of the molecule is O=C(O)[C@@]12CCC[C@H]1CN(Cc1ccc(Cl)c(C(F)(F)F)c1)C2. The van der Waals surface area contributed by atoms with Crippen LogP contribution < -0.4 is 0 Å². The fraction of sp³-hybridized carbons (Fsp3) is 0.562. The highest BCUT2D eigenvalue weighted by molar-refractivity contribution is 6.31. The Morgan fingerprint density at radius 2 is 2.17 bits per heavy atom. The Balaban J connectivity index is 1.78. The molecule has 7 heteroatoms. The lowest BCUT2D eigenvalue weighted by molar-refractivity contribution is -0.149. The van der Waals surface area contributed by atoms with Crippen LogP contribution in [0.2, 0.25) is 5.02 Å². The summed E-state index contributed by atoms with van der Waals surface area (Å²) in [4.78, 5) is 13.6. The largest absolute Gasteiger partial charge is 0.481 e. The maximum Gasteiger partial charge on any atom is 0.417 e. The summed E-state index contributed by atoms with van der Waals surface area (Å²) in [6.07, 6.45) is -2.06. The molecule has 1 heterocycles. The van der Waals surface area contributed by atoms with E-state index in [1.807, 2.05) is 4.90 Å². The number of aliphatic carboxylic acids is 1. The third kappa shape index (κ3) is 2.94. The molecule has 126 valence electrons. The lowest BCUT2D eigenvalue weighted by atomic mass is 9.81. The maximum absolute atomic E-state index is 12.9. The molecule has 2 atom stereocenters. The normalized spacial score (nSPS) is 28.1. The summed E-state index contributed by atoms with van der Waals surface area (Å²) >= 11 is 5.63. The molecule has 0 bridgehead atoms. The van der Waals surface area contributed by atoms with E-state index in [1.165, 1.54) is 6.07 Å². The van der Waals surface area contributed by atoms with Gasteiger partial charge in [0.2, 0.25) is 0 Å². The summed E-state index contributed by atoms with van der Waals surface area (Å²) in [6, 6.07) is 3.88. The Hall–Kier alpha value is -1.27. The highest BCUT2D eigenvalue weighted by atomic mass is 35.5. The molecular formula is C16H17ClF3NO2. The Labute approximate surface area is 137 Å². The monoisotopic (exact) mass is 347 g/mol. The zero-order valence-electron chi connectivity index (χ0n) is 12.4. The number of rotatable bonds is 3. The summed E-state index contributed by atoms with van der Waals surface area (Å²) in [6.45, 7) is 1.33. The Morgan fingerprint density at radius 3 is 2.78 bits per heavy atom. The van der Waals surface area contributed by atoms with Gasteiger partial charge in [0.15, 0.2) is 0 Å². The van der Waals surface area contributed by atoms with Crippen molar-refractivity contribution in [3.63, 3.8) is 0 Å². The van der Waals surface area contributed by atoms with E-state index in [0.717, 1.165) is 18.9 Å². The van der Waals surface area contributed by atoms with E-state index in [1.54, 1.807) is 6.07 Å². The van der Waals surface area contributed by atoms with Crippen molar-refractivity contribution >= 4 is 17.6 Å². The van der Waals surface area contributed by atoms with Gasteiger partial charge in [0.25, 0.3) is 0 Å². The van der Waals surface area contributed by atoms with Gasteiger partial charge in [-0.2, -0.15) is 13.2 Å². The molecule has 23 heavy (non-hydrogen) atoms. The number of benzene rings is 1. The molecule has 1 aliphatic carbocycles. The highest BCUT2D eigenvalue weighted by Gasteiger charge is 2.54. The van der Waals surface area contributed by atoms with Crippen LogP contribution >= 0.6 is 11.6 Å². The van der Waals surface area contributed by atoms with Gasteiger partial charge in [-0.05, 0) is 36.5 Å². The standard InChI is InChI=1S/C16H17ClF3NO2/c17-13-4-3-10(6-12(13)16(18,19)20)7-21-8-11-2-1-5-15(11,9-21)14(22)23/h3-4,6,11H,1-2,5,7-9H2,(H,22,23)/t11-,15+/m0/s1. The van der Waals surface area contributed by atoms with Gasteiger partial charge in [-0.3, -0.25) is 9.69 Å². The molecule has 1 saturated carbocycles. The molecule has 3 nitrogen and oxygen atoms in total. The van der Waals surface area contributed by atoms with E-state index in [2.05, 4.69) is 0 Å². The number of halogens is 4. The second kappa shape index (κ2) is 5.67. The van der Waals surface area contributed by atoms with Gasteiger partial charge in [0.05, 0.1) is 16.0 Å². The number of carboxylic acids is 1. The van der Waals surface area contributed by atoms with Crippen LogP contribution in [0.3, 0.4) is 0 Å². The fourth-order valence-corrected chi connectivity index (χ4v) is 4.23. The van der Waals surface area contributed by atoms with Crippen molar-refractivity contribution in [2.24, 2.45) is 11.3 Å². The van der Waals surface area contributed by atoms with Crippen molar-refractivity contribution in [2.75, 3.05) is 13.1 Å². The van der Waals surface area contributed by atoms with E-state index >= 15 is 0 Å². The minimum Gasteiger partial charge on any atom is -0.481 e. The van der Waals surface area contributed by atoms with Crippen molar-refractivity contribution < 1.29 is 23.1 Å². The first-order chi connectivity index (χ1) is 10.7. The molecule has 1 aromatic rings. The van der Waals surface area contributed by atoms with Crippen molar-refractivity contribution in [3.8, 4) is 0 Å². The first-order valence-corrected chi connectivity index (χ1v) is 7.91. The van der Waals surface area contributed by atoms with E-state index in [0.29, 0.717) is 31.6 Å². The van der Waals surface area contributed by atoms with Crippen LogP contribution in [0.5, 0.6) is 0 Å². The van der Waals surface area contributed by atoms with E-state index in [4.69, 9.17) is 11.6 Å². The van der Waals surface area contributed by atoms with Gasteiger partial charge in [0.1, 0.15) is 0 Å². The molecule has 2 aliphatic rings. The quantitative estimate of drug-likeness (QED) is 0.897. The number of hydrogen-bond donors (Lipinski definition) is 1. The van der Waals surface area contributed by atoms with Crippen LogP contribution in [-0.2, 0) is 17.5 Å². The predicted molar refractivity (Wildman–Crippen MR) is 79.1 cm³/mol. The second-order valence-corrected chi connectivity index (χ2v) is 6.94. The first-order valence-electron chi connectivity index (χ1n) is 7.54. The topological polar surface area (TPSA) is 40.5 Å². The number of fused-ring (bicyclic) bond motifs is 1. The Bertz CT molecular complexity index is 634. The summed E-state index contributed by atoms with van der Waals surface area (Å²) < 4.78 is 38.8. The van der Waals surface area contributed by atoms with E-state index in [-0.39, 0.29) is 10.9 Å². The molecule has 2 fully saturated rings. The third-order valence-corrected chi connectivity index (χ3v) is 5.44. The minimum absolute atomic E-state index is 0.0920. The Kier molecular flexibility index (Phi) is 4.09. The summed E-state index contributed by atoms with van der Waals surface area (Å²) in [5.41, 5.74) is -1.06. The zero-order chi connectivity index (χ0) is 16.8. The van der Waals surface area contributed by atoms with Crippen molar-refractivity contribution in [2.45, 2.75) is 32.0 Å². The predicted octanol–water partition coefficient (Wildman–Crippen LogP) is 4.05. The second-order valence-electron chi connectivity index (χ2n) is 6.53. The first kappa shape index (κ1) is 16.6. The van der Waals surface area contributed by atoms with Gasteiger partial charge in [0, 0.05) is 19.6 Å². The molecule has 0 aromatic heterocycles. The molecule has 1 N–H and O–H groups in total. The third-order valence-electron chi connectivity index (χ3n) is 5.11. The van der Waals surface area contributed by atoms with Gasteiger partial charge in [-0.1, -0.05) is 24.1 Å². The number of likely N-dealkylation sites (tertiary alicyclic amines) is 1. The van der Waals surface area contributed by atoms with Crippen LogP contribution in [-0.4, -0.2) is 29.1 Å². The molecule has 0 radical (unpaired) electrons. The molecule has 3 rings (SSSR count). The molecule has 0 spiro atoms. The minimum atomic E-state index is -4.49. The van der Waals surface area contributed by atoms with Gasteiger partial charge in [-0.25, -0.2) is 0 Å². The van der Waals surface area contributed by atoms with Gasteiger partial charge >= 0.3 is 12.1 Å². The maximum atomic E-state index is 12.9. The van der Waals surface area contributed by atoms with Crippen LogP contribution in [0.25, 0.3) is 0 Å². The number of alkyl halides is 3. The number of carbonyl (C=O) groups is 1. The van der Waals surface area contributed by atoms with Crippen LogP contribution in [0.4, 0.5) is 13.2 Å². The number of hydrogen-bond acceptors (Lipinski definition) is 2. The van der Waals surface area contributed by atoms with Gasteiger partial charge in [-0.15, -0.1) is 0 Å². The molecule has 0 unspecified atom stereocenters. The van der Waals surface area contributed by atoms with Crippen LogP contribution in [0.1, 0.15) is 30.4 Å². The fourth-order valence-electron chi connectivity index (χ4n) is 4.01. The van der Waals surface area contributed by atoms with Crippen LogP contribution in [0.15, 0.2) is 18.2 Å².